The minimum Gasteiger partial charge on any atom is -0.453 e. The van der Waals surface area contributed by atoms with E-state index in [0.717, 1.165) is 4.57 Å². The van der Waals surface area contributed by atoms with Crippen molar-refractivity contribution in [3.8, 4) is 0 Å². The summed E-state index contributed by atoms with van der Waals surface area (Å²) in [6.07, 6.45) is -4.42. The van der Waals surface area contributed by atoms with Crippen LogP contribution in [-0.4, -0.2) is 39.9 Å². The first-order chi connectivity index (χ1) is 12.8. The predicted octanol–water partition coefficient (Wildman–Crippen LogP) is 3.85. The van der Waals surface area contributed by atoms with Crippen LogP contribution in [0.15, 0.2) is 6.07 Å². The van der Waals surface area contributed by atoms with Crippen molar-refractivity contribution >= 4 is 17.5 Å². The standard InChI is InChI=1S/C19H21F3N2O4/c1-9-6-14(12(4)24(9)8-19(20,21)22)15(26)7-28-18(27)17-10(2)16(13(5)25)11(3)23-17/h6,23H,7-8H2,1-5H3. The zero-order valence-corrected chi connectivity index (χ0v) is 16.2. The van der Waals surface area contributed by atoms with E-state index in [1.54, 1.807) is 13.8 Å². The van der Waals surface area contributed by atoms with Gasteiger partial charge in [0.15, 0.2) is 12.4 Å². The Kier molecular flexibility index (Phi) is 5.86. The van der Waals surface area contributed by atoms with Crippen LogP contribution in [0.5, 0.6) is 0 Å². The molecule has 2 aromatic rings. The number of Topliss-reactive ketones (excluding diaryl/α,β-unsaturated/α-hetero) is 2. The van der Waals surface area contributed by atoms with Gasteiger partial charge in [-0.25, -0.2) is 4.79 Å². The largest absolute Gasteiger partial charge is 0.453 e. The zero-order valence-electron chi connectivity index (χ0n) is 16.2. The summed E-state index contributed by atoms with van der Waals surface area (Å²) < 4.78 is 44.0. The second kappa shape index (κ2) is 7.65. The maximum absolute atomic E-state index is 12.7. The summed E-state index contributed by atoms with van der Waals surface area (Å²) in [5.41, 5.74) is 1.89. The highest BCUT2D eigenvalue weighted by Gasteiger charge is 2.30. The summed E-state index contributed by atoms with van der Waals surface area (Å²) in [5, 5.41) is 0. The molecule has 0 aliphatic heterocycles. The third-order valence-electron chi connectivity index (χ3n) is 4.54. The molecule has 0 aromatic carbocycles. The monoisotopic (exact) mass is 398 g/mol. The van der Waals surface area contributed by atoms with E-state index in [1.807, 2.05) is 0 Å². The summed E-state index contributed by atoms with van der Waals surface area (Å²) in [5.74, 6) is -1.63. The number of aryl methyl sites for hydroxylation is 2. The average Bonchev–Trinajstić information content (AvgIpc) is 3.01. The van der Waals surface area contributed by atoms with Crippen LogP contribution in [0, 0.1) is 27.7 Å². The van der Waals surface area contributed by atoms with Gasteiger partial charge < -0.3 is 14.3 Å². The normalized spacial score (nSPS) is 11.6. The number of aromatic nitrogens is 2. The Hall–Kier alpha value is -2.84. The van der Waals surface area contributed by atoms with Crippen molar-refractivity contribution in [1.82, 2.24) is 9.55 Å². The van der Waals surface area contributed by atoms with Gasteiger partial charge in [0.2, 0.25) is 5.78 Å². The van der Waals surface area contributed by atoms with E-state index in [4.69, 9.17) is 4.74 Å². The van der Waals surface area contributed by atoms with Crippen molar-refractivity contribution in [2.45, 2.75) is 47.3 Å². The van der Waals surface area contributed by atoms with Gasteiger partial charge in [-0.3, -0.25) is 9.59 Å². The summed E-state index contributed by atoms with van der Waals surface area (Å²) in [7, 11) is 0. The molecule has 0 spiro atoms. The quantitative estimate of drug-likeness (QED) is 0.592. The molecule has 0 saturated heterocycles. The molecule has 0 fully saturated rings. The van der Waals surface area contributed by atoms with Gasteiger partial charge in [-0.15, -0.1) is 0 Å². The minimum absolute atomic E-state index is 0.0676. The fraction of sp³-hybridized carbons (Fsp3) is 0.421. The number of carbonyl (C=O) groups is 3. The van der Waals surface area contributed by atoms with Gasteiger partial charge in [-0.1, -0.05) is 0 Å². The molecule has 0 bridgehead atoms. The van der Waals surface area contributed by atoms with Crippen LogP contribution in [0.3, 0.4) is 0 Å². The topological polar surface area (TPSA) is 81.2 Å². The van der Waals surface area contributed by atoms with Crippen molar-refractivity contribution in [3.05, 3.63) is 45.5 Å². The lowest BCUT2D eigenvalue weighted by atomic mass is 10.1. The smallest absolute Gasteiger partial charge is 0.406 e. The number of ketones is 2. The first kappa shape index (κ1) is 21.5. The van der Waals surface area contributed by atoms with Crippen molar-refractivity contribution in [3.63, 3.8) is 0 Å². The number of aromatic amines is 1. The molecule has 0 aliphatic carbocycles. The average molecular weight is 398 g/mol. The summed E-state index contributed by atoms with van der Waals surface area (Å²) in [6.45, 7) is 5.65. The SMILES string of the molecule is CC(=O)c1c(C)[nH]c(C(=O)OCC(=O)c2cc(C)n(CC(F)(F)F)c2C)c1C. The highest BCUT2D eigenvalue weighted by Crippen LogP contribution is 2.24. The molecule has 0 radical (unpaired) electrons. The first-order valence-electron chi connectivity index (χ1n) is 8.47. The number of rotatable bonds is 6. The van der Waals surface area contributed by atoms with E-state index < -0.39 is 31.1 Å². The summed E-state index contributed by atoms with van der Waals surface area (Å²) in [6, 6.07) is 1.34. The highest BCUT2D eigenvalue weighted by molar-refractivity contribution is 6.03. The molecule has 0 amide bonds. The molecule has 152 valence electrons. The highest BCUT2D eigenvalue weighted by atomic mass is 19.4. The fourth-order valence-corrected chi connectivity index (χ4v) is 3.27. The Labute approximate surface area is 159 Å². The number of halogens is 3. The van der Waals surface area contributed by atoms with E-state index in [-0.39, 0.29) is 28.4 Å². The molecular weight excluding hydrogens is 377 g/mol. The molecule has 2 heterocycles. The number of carbonyl (C=O) groups excluding carboxylic acids is 3. The Morgan fingerprint density at radius 2 is 1.75 bits per heavy atom. The number of hydrogen-bond acceptors (Lipinski definition) is 4. The molecule has 28 heavy (non-hydrogen) atoms. The van der Waals surface area contributed by atoms with Gasteiger partial charge in [0.05, 0.1) is 0 Å². The molecule has 0 aliphatic rings. The Balaban J connectivity index is 2.15. The molecule has 0 saturated carbocycles. The molecule has 2 aromatic heterocycles. The second-order valence-corrected chi connectivity index (χ2v) is 6.67. The van der Waals surface area contributed by atoms with E-state index >= 15 is 0 Å². The summed E-state index contributed by atoms with van der Waals surface area (Å²) in [4.78, 5) is 39.0. The van der Waals surface area contributed by atoms with E-state index in [1.165, 1.54) is 26.8 Å². The van der Waals surface area contributed by atoms with Crippen LogP contribution in [0.4, 0.5) is 13.2 Å². The van der Waals surface area contributed by atoms with Crippen LogP contribution in [0.2, 0.25) is 0 Å². The number of hydrogen-bond donors (Lipinski definition) is 1. The lowest BCUT2D eigenvalue weighted by molar-refractivity contribution is -0.141. The fourth-order valence-electron chi connectivity index (χ4n) is 3.27. The maximum atomic E-state index is 12.7. The van der Waals surface area contributed by atoms with Crippen molar-refractivity contribution in [2.75, 3.05) is 6.61 Å². The molecular formula is C19H21F3N2O4. The van der Waals surface area contributed by atoms with Crippen molar-refractivity contribution < 1.29 is 32.3 Å². The summed E-state index contributed by atoms with van der Waals surface area (Å²) >= 11 is 0. The number of alkyl halides is 3. The number of nitrogens with one attached hydrogen (secondary N) is 1. The molecule has 2 rings (SSSR count). The van der Waals surface area contributed by atoms with Crippen molar-refractivity contribution in [2.24, 2.45) is 0 Å². The van der Waals surface area contributed by atoms with Crippen LogP contribution in [0.1, 0.15) is 60.8 Å². The van der Waals surface area contributed by atoms with Gasteiger partial charge in [0.1, 0.15) is 12.2 Å². The number of nitrogens with zero attached hydrogens (tertiary/aromatic N) is 1. The Bertz CT molecular complexity index is 952. The molecule has 6 nitrogen and oxygen atoms in total. The molecule has 1 N–H and O–H groups in total. The molecule has 0 atom stereocenters. The van der Waals surface area contributed by atoms with E-state index in [0.29, 0.717) is 16.8 Å². The predicted molar refractivity (Wildman–Crippen MR) is 94.8 cm³/mol. The number of H-pyrrole nitrogens is 1. The van der Waals surface area contributed by atoms with Gasteiger partial charge in [-0.2, -0.15) is 13.2 Å². The minimum atomic E-state index is -4.42. The lowest BCUT2D eigenvalue weighted by Crippen LogP contribution is -2.20. The zero-order chi connectivity index (χ0) is 21.4. The van der Waals surface area contributed by atoms with Gasteiger partial charge >= 0.3 is 12.1 Å². The number of ether oxygens (including phenoxy) is 1. The third kappa shape index (κ3) is 4.35. The van der Waals surface area contributed by atoms with E-state index in [2.05, 4.69) is 4.98 Å². The number of esters is 1. The van der Waals surface area contributed by atoms with Gasteiger partial charge in [0.25, 0.3) is 0 Å². The first-order valence-corrected chi connectivity index (χ1v) is 8.47. The van der Waals surface area contributed by atoms with Crippen LogP contribution in [-0.2, 0) is 11.3 Å². The maximum Gasteiger partial charge on any atom is 0.406 e. The van der Waals surface area contributed by atoms with Crippen LogP contribution in [0.25, 0.3) is 0 Å². The van der Waals surface area contributed by atoms with Crippen LogP contribution >= 0.6 is 0 Å². The van der Waals surface area contributed by atoms with E-state index in [9.17, 15) is 27.6 Å². The third-order valence-corrected chi connectivity index (χ3v) is 4.54. The lowest BCUT2D eigenvalue weighted by Gasteiger charge is -2.12. The Morgan fingerprint density at radius 1 is 1.14 bits per heavy atom. The second-order valence-electron chi connectivity index (χ2n) is 6.67. The van der Waals surface area contributed by atoms with Crippen molar-refractivity contribution in [1.29, 1.82) is 0 Å². The van der Waals surface area contributed by atoms with Gasteiger partial charge in [-0.05, 0) is 46.2 Å². The molecule has 9 heteroatoms. The van der Waals surface area contributed by atoms with Gasteiger partial charge in [0, 0.05) is 28.2 Å². The Morgan fingerprint density at radius 3 is 2.25 bits per heavy atom. The van der Waals surface area contributed by atoms with Crippen LogP contribution < -0.4 is 0 Å². The molecule has 0 unspecified atom stereocenters.